The van der Waals surface area contributed by atoms with Gasteiger partial charge in [0.1, 0.15) is 0 Å². The number of benzene rings is 10. The minimum Gasteiger partial charge on any atom is -0.289 e. The van der Waals surface area contributed by atoms with Gasteiger partial charge >= 0.3 is 0 Å². The van der Waals surface area contributed by atoms with E-state index in [1.807, 2.05) is 24.3 Å². The number of carbonyl (C=O) groups is 1. The zero-order valence-electron chi connectivity index (χ0n) is 34.9. The fourth-order valence-electron chi connectivity index (χ4n) is 8.60. The zero-order chi connectivity index (χ0) is 42.4. The van der Waals surface area contributed by atoms with Crippen molar-refractivity contribution in [3.63, 3.8) is 0 Å². The lowest BCUT2D eigenvalue weighted by Gasteiger charge is -2.15. The van der Waals surface area contributed by atoms with Crippen LogP contribution in [-0.2, 0) is 6.42 Å². The molecule has 0 amide bonds. The van der Waals surface area contributed by atoms with Crippen LogP contribution in [0.15, 0.2) is 255 Å². The van der Waals surface area contributed by atoms with Crippen molar-refractivity contribution in [2.24, 2.45) is 0 Å². The third-order valence-electron chi connectivity index (χ3n) is 11.8. The molecule has 0 saturated carbocycles. The van der Waals surface area contributed by atoms with Crippen molar-refractivity contribution >= 4 is 5.78 Å². The van der Waals surface area contributed by atoms with Crippen LogP contribution in [0.2, 0.25) is 0 Å². The normalized spacial score (nSPS) is 11.0. The summed E-state index contributed by atoms with van der Waals surface area (Å²) in [5.41, 5.74) is 18.9. The number of carbonyl (C=O) groups excluding carboxylic acids is 1. The van der Waals surface area contributed by atoms with Crippen molar-refractivity contribution in [1.82, 2.24) is 0 Å². The SMILES string of the molecule is O=C(c1cc(Cc2cccc(-c3ccccc3)c2)cc(-c2cccc(-c3ccccc3)c2)c1)c1cc(-c2cccc(-c3ccccc3)c2)cc(-c2cccc(-c3ccccc3)c2)c1. The Morgan fingerprint density at radius 3 is 0.889 bits per heavy atom. The minimum atomic E-state index is -0.0168. The maximum atomic E-state index is 15.3. The topological polar surface area (TPSA) is 17.1 Å². The molecule has 0 N–H and O–H groups in total. The first-order valence-corrected chi connectivity index (χ1v) is 21.6. The second kappa shape index (κ2) is 17.8. The summed E-state index contributed by atoms with van der Waals surface area (Å²) in [4.78, 5) is 15.3. The molecular formula is C62H44O. The molecule has 0 atom stereocenters. The van der Waals surface area contributed by atoms with Crippen molar-refractivity contribution in [3.05, 3.63) is 277 Å². The maximum Gasteiger partial charge on any atom is 0.193 e. The molecular weight excluding hydrogens is 761 g/mol. The van der Waals surface area contributed by atoms with Crippen molar-refractivity contribution in [2.45, 2.75) is 6.42 Å². The van der Waals surface area contributed by atoms with E-state index in [0.717, 1.165) is 72.3 Å². The Morgan fingerprint density at radius 1 is 0.222 bits per heavy atom. The Labute approximate surface area is 370 Å². The van der Waals surface area contributed by atoms with Crippen LogP contribution in [0, 0.1) is 0 Å². The van der Waals surface area contributed by atoms with Crippen LogP contribution in [0.25, 0.3) is 77.9 Å². The largest absolute Gasteiger partial charge is 0.289 e. The first kappa shape index (κ1) is 39.0. The van der Waals surface area contributed by atoms with Crippen LogP contribution in [-0.4, -0.2) is 5.78 Å². The highest BCUT2D eigenvalue weighted by Crippen LogP contribution is 2.35. The summed E-state index contributed by atoms with van der Waals surface area (Å²) in [6, 6.07) is 89.3. The van der Waals surface area contributed by atoms with Crippen molar-refractivity contribution < 1.29 is 4.79 Å². The van der Waals surface area contributed by atoms with Gasteiger partial charge in [0.15, 0.2) is 5.78 Å². The van der Waals surface area contributed by atoms with Gasteiger partial charge in [0.25, 0.3) is 0 Å². The molecule has 0 aromatic heterocycles. The molecule has 0 spiro atoms. The van der Waals surface area contributed by atoms with E-state index in [1.165, 1.54) is 16.7 Å². The number of ketones is 1. The summed E-state index contributed by atoms with van der Waals surface area (Å²) in [6.07, 6.45) is 0.678. The summed E-state index contributed by atoms with van der Waals surface area (Å²) in [5.74, 6) is -0.0168. The molecule has 0 bridgehead atoms. The Bertz CT molecular complexity index is 3080. The Morgan fingerprint density at radius 2 is 0.492 bits per heavy atom. The molecule has 0 heterocycles. The van der Waals surface area contributed by atoms with Crippen LogP contribution in [0.5, 0.6) is 0 Å². The van der Waals surface area contributed by atoms with Gasteiger partial charge in [0.2, 0.25) is 0 Å². The molecule has 10 rings (SSSR count). The van der Waals surface area contributed by atoms with Crippen LogP contribution in [0.4, 0.5) is 0 Å². The Kier molecular flexibility index (Phi) is 11.1. The van der Waals surface area contributed by atoms with Crippen LogP contribution in [0.3, 0.4) is 0 Å². The molecule has 0 aliphatic rings. The number of hydrogen-bond acceptors (Lipinski definition) is 1. The maximum absolute atomic E-state index is 15.3. The Hall–Kier alpha value is -8.13. The summed E-state index contributed by atoms with van der Waals surface area (Å²) >= 11 is 0. The van der Waals surface area contributed by atoms with E-state index in [9.17, 15) is 0 Å². The van der Waals surface area contributed by atoms with Crippen LogP contribution < -0.4 is 0 Å². The van der Waals surface area contributed by atoms with Gasteiger partial charge in [-0.15, -0.1) is 0 Å². The number of rotatable bonds is 11. The van der Waals surface area contributed by atoms with Gasteiger partial charge in [-0.25, -0.2) is 0 Å². The van der Waals surface area contributed by atoms with E-state index in [-0.39, 0.29) is 5.78 Å². The van der Waals surface area contributed by atoms with Gasteiger partial charge in [-0.05, 0) is 144 Å². The Balaban J connectivity index is 1.10. The van der Waals surface area contributed by atoms with Crippen molar-refractivity contribution in [1.29, 1.82) is 0 Å². The lowest BCUT2D eigenvalue weighted by molar-refractivity contribution is 0.103. The third kappa shape index (κ3) is 8.86. The molecule has 10 aromatic carbocycles. The second-order valence-corrected chi connectivity index (χ2v) is 16.1. The first-order valence-electron chi connectivity index (χ1n) is 21.6. The molecule has 0 unspecified atom stereocenters. The highest BCUT2D eigenvalue weighted by Gasteiger charge is 2.17. The lowest BCUT2D eigenvalue weighted by Crippen LogP contribution is -2.04. The highest BCUT2D eigenvalue weighted by atomic mass is 16.1. The molecule has 0 radical (unpaired) electrons. The summed E-state index contributed by atoms with van der Waals surface area (Å²) in [7, 11) is 0. The van der Waals surface area contributed by atoms with E-state index in [0.29, 0.717) is 17.5 Å². The van der Waals surface area contributed by atoms with E-state index in [1.54, 1.807) is 0 Å². The van der Waals surface area contributed by atoms with Gasteiger partial charge in [0.05, 0.1) is 0 Å². The number of hydrogen-bond donors (Lipinski definition) is 0. The molecule has 0 fully saturated rings. The monoisotopic (exact) mass is 804 g/mol. The molecule has 0 aliphatic heterocycles. The third-order valence-corrected chi connectivity index (χ3v) is 11.8. The van der Waals surface area contributed by atoms with Gasteiger partial charge < -0.3 is 0 Å². The fourth-order valence-corrected chi connectivity index (χ4v) is 8.60. The van der Waals surface area contributed by atoms with Gasteiger partial charge in [-0.2, -0.15) is 0 Å². The fraction of sp³-hybridized carbons (Fsp3) is 0.0161. The molecule has 10 aromatic rings. The highest BCUT2D eigenvalue weighted by molar-refractivity contribution is 6.11. The van der Waals surface area contributed by atoms with E-state index >= 15 is 4.79 Å². The van der Waals surface area contributed by atoms with E-state index in [4.69, 9.17) is 0 Å². The quantitative estimate of drug-likeness (QED) is 0.119. The molecule has 1 heteroatoms. The molecule has 0 aliphatic carbocycles. The van der Waals surface area contributed by atoms with E-state index in [2.05, 4.69) is 231 Å². The second-order valence-electron chi connectivity index (χ2n) is 16.1. The standard InChI is InChI=1S/C62H44O/c63-62(61-42-58(55-31-15-28-52(38-55)48-22-9-3-10-23-48)40-59(43-61)56-32-16-29-53(39-56)49-24-11-4-12-25-49)60-36-45(33-44-17-13-26-50(34-44)46-18-5-1-6-19-46)35-57(41-60)54-30-14-27-51(37-54)47-20-7-2-8-21-47/h1-32,34-43H,33H2. The summed E-state index contributed by atoms with van der Waals surface area (Å²) in [5, 5.41) is 0. The predicted molar refractivity (Wildman–Crippen MR) is 264 cm³/mol. The van der Waals surface area contributed by atoms with Gasteiger partial charge in [-0.3, -0.25) is 4.79 Å². The van der Waals surface area contributed by atoms with Crippen LogP contribution >= 0.6 is 0 Å². The summed E-state index contributed by atoms with van der Waals surface area (Å²) < 4.78 is 0. The average molecular weight is 805 g/mol. The minimum absolute atomic E-state index is 0.0168. The zero-order valence-corrected chi connectivity index (χ0v) is 34.9. The molecule has 63 heavy (non-hydrogen) atoms. The summed E-state index contributed by atoms with van der Waals surface area (Å²) in [6.45, 7) is 0. The average Bonchev–Trinajstić information content (AvgIpc) is 3.37. The molecule has 298 valence electrons. The van der Waals surface area contributed by atoms with Crippen LogP contribution in [0.1, 0.15) is 27.0 Å². The molecule has 1 nitrogen and oxygen atoms in total. The van der Waals surface area contributed by atoms with Gasteiger partial charge in [0, 0.05) is 11.1 Å². The van der Waals surface area contributed by atoms with E-state index < -0.39 is 0 Å². The smallest absolute Gasteiger partial charge is 0.193 e. The molecule has 0 saturated heterocycles. The van der Waals surface area contributed by atoms with Crippen molar-refractivity contribution in [3.8, 4) is 77.9 Å². The predicted octanol–water partition coefficient (Wildman–Crippen LogP) is 16.2. The van der Waals surface area contributed by atoms with Crippen molar-refractivity contribution in [2.75, 3.05) is 0 Å². The van der Waals surface area contributed by atoms with Gasteiger partial charge in [-0.1, -0.05) is 206 Å². The lowest BCUT2D eigenvalue weighted by atomic mass is 9.89. The first-order chi connectivity index (χ1) is 31.1.